The zero-order valence-electron chi connectivity index (χ0n) is 12.3. The molecule has 4 nitrogen and oxygen atoms in total. The average Bonchev–Trinajstić information content (AvgIpc) is 2.48. The number of methoxy groups -OCH3 is 1. The highest BCUT2D eigenvalue weighted by Gasteiger charge is 2.11. The van der Waals surface area contributed by atoms with Crippen molar-refractivity contribution in [1.82, 2.24) is 4.98 Å². The fourth-order valence-corrected chi connectivity index (χ4v) is 1.87. The van der Waals surface area contributed by atoms with Crippen LogP contribution >= 0.6 is 12.4 Å². The minimum atomic E-state index is -0.197. The van der Waals surface area contributed by atoms with Crippen LogP contribution in [-0.4, -0.2) is 18.0 Å². The SMILES string of the molecule is COc1ccc(C(C)C)cc1NC(=O)c1cccnc1.Cl. The summed E-state index contributed by atoms with van der Waals surface area (Å²) in [5.41, 5.74) is 2.34. The highest BCUT2D eigenvalue weighted by molar-refractivity contribution is 6.04. The van der Waals surface area contributed by atoms with Crippen LogP contribution < -0.4 is 10.1 Å². The molecular weight excluding hydrogens is 288 g/mol. The molecule has 0 radical (unpaired) electrons. The van der Waals surface area contributed by atoms with Gasteiger partial charge in [-0.15, -0.1) is 12.4 Å². The fraction of sp³-hybridized carbons (Fsp3) is 0.250. The Morgan fingerprint density at radius 3 is 2.62 bits per heavy atom. The Morgan fingerprint density at radius 2 is 2.05 bits per heavy atom. The van der Waals surface area contributed by atoms with Gasteiger partial charge in [-0.1, -0.05) is 19.9 Å². The van der Waals surface area contributed by atoms with Crippen molar-refractivity contribution >= 4 is 24.0 Å². The van der Waals surface area contributed by atoms with E-state index in [9.17, 15) is 4.79 Å². The molecule has 21 heavy (non-hydrogen) atoms. The number of anilines is 1. The number of pyridine rings is 1. The number of aromatic nitrogens is 1. The predicted octanol–water partition coefficient (Wildman–Crippen LogP) is 3.89. The van der Waals surface area contributed by atoms with E-state index in [-0.39, 0.29) is 18.3 Å². The number of amides is 1. The van der Waals surface area contributed by atoms with Crippen molar-refractivity contribution in [2.24, 2.45) is 0 Å². The molecule has 0 unspecified atom stereocenters. The molecule has 1 aromatic heterocycles. The molecule has 0 aliphatic heterocycles. The molecule has 0 aliphatic rings. The largest absolute Gasteiger partial charge is 0.495 e. The van der Waals surface area contributed by atoms with Crippen molar-refractivity contribution in [3.05, 3.63) is 53.9 Å². The van der Waals surface area contributed by atoms with E-state index >= 15 is 0 Å². The summed E-state index contributed by atoms with van der Waals surface area (Å²) in [6.07, 6.45) is 3.17. The van der Waals surface area contributed by atoms with Gasteiger partial charge in [-0.2, -0.15) is 0 Å². The topological polar surface area (TPSA) is 51.2 Å². The highest BCUT2D eigenvalue weighted by Crippen LogP contribution is 2.28. The van der Waals surface area contributed by atoms with Crippen LogP contribution in [0.15, 0.2) is 42.7 Å². The summed E-state index contributed by atoms with van der Waals surface area (Å²) in [5, 5.41) is 2.87. The molecule has 112 valence electrons. The zero-order valence-corrected chi connectivity index (χ0v) is 13.1. The van der Waals surface area contributed by atoms with Crippen LogP contribution in [0.4, 0.5) is 5.69 Å². The molecule has 0 atom stereocenters. The quantitative estimate of drug-likeness (QED) is 0.932. The Balaban J connectivity index is 0.00000220. The summed E-state index contributed by atoms with van der Waals surface area (Å²) in [6, 6.07) is 9.27. The van der Waals surface area contributed by atoms with Crippen LogP contribution in [0.5, 0.6) is 5.75 Å². The van der Waals surface area contributed by atoms with E-state index in [1.54, 1.807) is 25.4 Å². The number of halogens is 1. The van der Waals surface area contributed by atoms with Gasteiger partial charge < -0.3 is 10.1 Å². The van der Waals surface area contributed by atoms with E-state index in [0.29, 0.717) is 22.9 Å². The number of ether oxygens (including phenoxy) is 1. The summed E-state index contributed by atoms with van der Waals surface area (Å²) in [5.74, 6) is 0.832. The standard InChI is InChI=1S/C16H18N2O2.ClH/c1-11(2)12-6-7-15(20-3)14(9-12)18-16(19)13-5-4-8-17-10-13;/h4-11H,1-3H3,(H,18,19);1H. The molecule has 0 fully saturated rings. The Kier molecular flexibility index (Phi) is 6.18. The number of hydrogen-bond acceptors (Lipinski definition) is 3. The van der Waals surface area contributed by atoms with Gasteiger partial charge in [0.2, 0.25) is 0 Å². The Morgan fingerprint density at radius 1 is 1.29 bits per heavy atom. The van der Waals surface area contributed by atoms with Crippen LogP contribution in [0.1, 0.15) is 35.7 Å². The minimum Gasteiger partial charge on any atom is -0.495 e. The van der Waals surface area contributed by atoms with Crippen LogP contribution in [0.2, 0.25) is 0 Å². The number of benzene rings is 1. The molecule has 5 heteroatoms. The van der Waals surface area contributed by atoms with Crippen LogP contribution in [-0.2, 0) is 0 Å². The van der Waals surface area contributed by atoms with Gasteiger partial charge >= 0.3 is 0 Å². The van der Waals surface area contributed by atoms with Gasteiger partial charge in [0.25, 0.3) is 5.91 Å². The van der Waals surface area contributed by atoms with E-state index in [1.165, 1.54) is 6.20 Å². The predicted molar refractivity (Wildman–Crippen MR) is 86.5 cm³/mol. The minimum absolute atomic E-state index is 0. The van der Waals surface area contributed by atoms with Gasteiger partial charge in [-0.25, -0.2) is 0 Å². The first kappa shape index (κ1) is 17.0. The van der Waals surface area contributed by atoms with Crippen molar-refractivity contribution in [2.45, 2.75) is 19.8 Å². The number of hydrogen-bond donors (Lipinski definition) is 1. The summed E-state index contributed by atoms with van der Waals surface area (Å²) >= 11 is 0. The second-order valence-corrected chi connectivity index (χ2v) is 4.81. The molecule has 1 N–H and O–H groups in total. The Labute approximate surface area is 131 Å². The van der Waals surface area contributed by atoms with Crippen molar-refractivity contribution in [2.75, 3.05) is 12.4 Å². The number of carbonyl (C=O) groups is 1. The molecule has 1 amide bonds. The van der Waals surface area contributed by atoms with Crippen molar-refractivity contribution < 1.29 is 9.53 Å². The van der Waals surface area contributed by atoms with Crippen LogP contribution in [0, 0.1) is 0 Å². The zero-order chi connectivity index (χ0) is 14.5. The molecule has 0 saturated heterocycles. The van der Waals surface area contributed by atoms with E-state index in [2.05, 4.69) is 24.1 Å². The van der Waals surface area contributed by atoms with Gasteiger partial charge in [0.1, 0.15) is 5.75 Å². The molecule has 2 aromatic rings. The maximum atomic E-state index is 12.2. The number of carbonyl (C=O) groups excluding carboxylic acids is 1. The van der Waals surface area contributed by atoms with Gasteiger partial charge in [-0.05, 0) is 35.7 Å². The Bertz CT molecular complexity index is 600. The monoisotopic (exact) mass is 306 g/mol. The molecule has 1 heterocycles. The van der Waals surface area contributed by atoms with Crippen molar-refractivity contribution in [3.63, 3.8) is 0 Å². The lowest BCUT2D eigenvalue weighted by Gasteiger charge is -2.13. The molecule has 0 bridgehead atoms. The van der Waals surface area contributed by atoms with E-state index in [4.69, 9.17) is 4.74 Å². The number of nitrogens with zero attached hydrogens (tertiary/aromatic N) is 1. The molecular formula is C16H19ClN2O2. The van der Waals surface area contributed by atoms with E-state index in [0.717, 1.165) is 5.56 Å². The van der Waals surface area contributed by atoms with Gasteiger partial charge in [0.05, 0.1) is 18.4 Å². The molecule has 1 aromatic carbocycles. The van der Waals surface area contributed by atoms with Gasteiger partial charge in [0, 0.05) is 12.4 Å². The van der Waals surface area contributed by atoms with Crippen molar-refractivity contribution in [1.29, 1.82) is 0 Å². The van der Waals surface area contributed by atoms with Crippen LogP contribution in [0.25, 0.3) is 0 Å². The molecule has 0 spiro atoms. The first-order chi connectivity index (χ1) is 9.61. The summed E-state index contributed by atoms with van der Waals surface area (Å²) in [4.78, 5) is 16.1. The lowest BCUT2D eigenvalue weighted by atomic mass is 10.0. The third kappa shape index (κ3) is 4.20. The first-order valence-electron chi connectivity index (χ1n) is 6.51. The summed E-state index contributed by atoms with van der Waals surface area (Å²) in [6.45, 7) is 4.21. The van der Waals surface area contributed by atoms with E-state index in [1.807, 2.05) is 18.2 Å². The lowest BCUT2D eigenvalue weighted by molar-refractivity contribution is 0.102. The Hall–Kier alpha value is -2.07. The average molecular weight is 307 g/mol. The van der Waals surface area contributed by atoms with Crippen molar-refractivity contribution in [3.8, 4) is 5.75 Å². The van der Waals surface area contributed by atoms with Gasteiger partial charge in [0.15, 0.2) is 0 Å². The second-order valence-electron chi connectivity index (χ2n) is 4.81. The lowest BCUT2D eigenvalue weighted by Crippen LogP contribution is -2.13. The summed E-state index contributed by atoms with van der Waals surface area (Å²) < 4.78 is 5.29. The number of rotatable bonds is 4. The summed E-state index contributed by atoms with van der Waals surface area (Å²) in [7, 11) is 1.59. The van der Waals surface area contributed by atoms with Gasteiger partial charge in [-0.3, -0.25) is 9.78 Å². The normalized spacial score (nSPS) is 9.90. The number of nitrogens with one attached hydrogen (secondary N) is 1. The molecule has 0 aliphatic carbocycles. The third-order valence-electron chi connectivity index (χ3n) is 3.06. The first-order valence-corrected chi connectivity index (χ1v) is 6.51. The van der Waals surface area contributed by atoms with E-state index < -0.39 is 0 Å². The second kappa shape index (κ2) is 7.64. The maximum Gasteiger partial charge on any atom is 0.257 e. The third-order valence-corrected chi connectivity index (χ3v) is 3.06. The molecule has 2 rings (SSSR count). The maximum absolute atomic E-state index is 12.2. The molecule has 0 saturated carbocycles. The smallest absolute Gasteiger partial charge is 0.257 e. The van der Waals surface area contributed by atoms with Crippen LogP contribution in [0.3, 0.4) is 0 Å². The fourth-order valence-electron chi connectivity index (χ4n) is 1.87. The highest BCUT2D eigenvalue weighted by atomic mass is 35.5.